The lowest BCUT2D eigenvalue weighted by Gasteiger charge is -2.31. The van der Waals surface area contributed by atoms with E-state index in [2.05, 4.69) is 0 Å². The van der Waals surface area contributed by atoms with Gasteiger partial charge >= 0.3 is 0 Å². The van der Waals surface area contributed by atoms with E-state index in [0.717, 1.165) is 12.8 Å². The van der Waals surface area contributed by atoms with Crippen molar-refractivity contribution in [1.82, 2.24) is 4.90 Å². The van der Waals surface area contributed by atoms with E-state index in [1.165, 1.54) is 31.4 Å². The molecule has 148 valence electrons. The summed E-state index contributed by atoms with van der Waals surface area (Å²) in [6.07, 6.45) is 8.03. The number of aldehydes is 1. The fraction of sp³-hybridized carbons (Fsp3) is 0.579. The van der Waals surface area contributed by atoms with Crippen LogP contribution in [0.25, 0.3) is 0 Å². The lowest BCUT2D eigenvalue weighted by atomic mass is 9.94. The summed E-state index contributed by atoms with van der Waals surface area (Å²) in [5.74, 6) is 0.460. The topological polar surface area (TPSA) is 89.8 Å². The predicted octanol–water partition coefficient (Wildman–Crippen LogP) is 4.40. The van der Waals surface area contributed by atoms with E-state index in [9.17, 15) is 19.7 Å². The molecule has 7 nitrogen and oxygen atoms in total. The minimum absolute atomic E-state index is 0.119. The predicted molar refractivity (Wildman–Crippen MR) is 102 cm³/mol. The Bertz CT molecular complexity index is 689. The quantitative estimate of drug-likeness (QED) is 0.267. The van der Waals surface area contributed by atoms with E-state index < -0.39 is 10.6 Å². The number of halogens is 1. The molecule has 0 radical (unpaired) electrons. The van der Waals surface area contributed by atoms with Crippen LogP contribution in [0.2, 0.25) is 5.02 Å². The largest absolute Gasteiger partial charge is 0.494 e. The summed E-state index contributed by atoms with van der Waals surface area (Å²) in [6.45, 7) is 0.340. The molecule has 0 unspecified atom stereocenters. The Morgan fingerprint density at radius 1 is 1.33 bits per heavy atom. The maximum Gasteiger partial charge on any atom is 0.298 e. The van der Waals surface area contributed by atoms with Crippen LogP contribution in [0.1, 0.15) is 61.7 Å². The number of rotatable bonds is 9. The molecule has 2 rings (SSSR count). The maximum absolute atomic E-state index is 12.3. The number of benzene rings is 1. The SMILES string of the molecule is CN(C(=O)CCCCOc1cc(Cl)c([N+](=O)[O-])c(C=O)c1)C1CCCCC1. The molecule has 0 saturated heterocycles. The zero-order valence-electron chi connectivity index (χ0n) is 15.5. The van der Waals surface area contributed by atoms with Crippen molar-refractivity contribution in [1.29, 1.82) is 0 Å². The molecule has 1 aromatic rings. The van der Waals surface area contributed by atoms with Crippen LogP contribution in [0.4, 0.5) is 5.69 Å². The van der Waals surface area contributed by atoms with Crippen molar-refractivity contribution in [3.05, 3.63) is 32.8 Å². The Morgan fingerprint density at radius 3 is 2.67 bits per heavy atom. The van der Waals surface area contributed by atoms with Gasteiger partial charge in [0.05, 0.1) is 17.1 Å². The first-order valence-electron chi connectivity index (χ1n) is 9.25. The summed E-state index contributed by atoms with van der Waals surface area (Å²) >= 11 is 5.87. The van der Waals surface area contributed by atoms with Crippen LogP contribution in [0, 0.1) is 10.1 Å². The van der Waals surface area contributed by atoms with Crippen molar-refractivity contribution >= 4 is 29.5 Å². The zero-order chi connectivity index (χ0) is 19.8. The second-order valence-electron chi connectivity index (χ2n) is 6.82. The number of hydrogen-bond donors (Lipinski definition) is 0. The Morgan fingerprint density at radius 2 is 2.04 bits per heavy atom. The van der Waals surface area contributed by atoms with E-state index in [1.807, 2.05) is 11.9 Å². The molecule has 8 heteroatoms. The maximum atomic E-state index is 12.3. The number of unbranched alkanes of at least 4 members (excludes halogenated alkanes) is 1. The highest BCUT2D eigenvalue weighted by atomic mass is 35.5. The van der Waals surface area contributed by atoms with Crippen LogP contribution < -0.4 is 4.74 Å². The first-order valence-corrected chi connectivity index (χ1v) is 9.63. The zero-order valence-corrected chi connectivity index (χ0v) is 16.2. The smallest absolute Gasteiger partial charge is 0.298 e. The molecule has 0 N–H and O–H groups in total. The lowest BCUT2D eigenvalue weighted by Crippen LogP contribution is -2.38. The molecule has 0 aliphatic heterocycles. The third-order valence-corrected chi connectivity index (χ3v) is 5.23. The normalized spacial score (nSPS) is 14.6. The van der Waals surface area contributed by atoms with Crippen molar-refractivity contribution in [2.24, 2.45) is 0 Å². The van der Waals surface area contributed by atoms with Gasteiger partial charge in [-0.05, 0) is 31.7 Å². The van der Waals surface area contributed by atoms with Gasteiger partial charge in [0.25, 0.3) is 5.69 Å². The highest BCUT2D eigenvalue weighted by molar-refractivity contribution is 6.33. The number of amides is 1. The summed E-state index contributed by atoms with van der Waals surface area (Å²) in [5, 5.41) is 10.8. The van der Waals surface area contributed by atoms with Gasteiger partial charge in [0.1, 0.15) is 10.8 Å². The summed E-state index contributed by atoms with van der Waals surface area (Å²) in [6, 6.07) is 3.00. The van der Waals surface area contributed by atoms with Gasteiger partial charge in [0, 0.05) is 25.6 Å². The van der Waals surface area contributed by atoms with Crippen LogP contribution in [0.5, 0.6) is 5.75 Å². The van der Waals surface area contributed by atoms with Crippen molar-refractivity contribution < 1.29 is 19.2 Å². The Hall–Kier alpha value is -2.15. The summed E-state index contributed by atoms with van der Waals surface area (Å²) < 4.78 is 5.53. The fourth-order valence-electron chi connectivity index (χ4n) is 3.38. The van der Waals surface area contributed by atoms with Gasteiger partial charge in [0.15, 0.2) is 6.29 Å². The summed E-state index contributed by atoms with van der Waals surface area (Å²) in [5.41, 5.74) is -0.540. The second kappa shape index (κ2) is 10.3. The number of hydrogen-bond acceptors (Lipinski definition) is 5. The average molecular weight is 397 g/mol. The first kappa shape index (κ1) is 21.2. The number of nitro groups is 1. The molecule has 0 spiro atoms. The molecule has 1 aliphatic rings. The van der Waals surface area contributed by atoms with E-state index in [4.69, 9.17) is 16.3 Å². The standard InChI is InChI=1S/C19H25ClN2O5/c1-21(15-7-3-2-4-8-15)18(24)9-5-6-10-27-16-11-14(13-23)19(22(25)26)17(20)12-16/h11-13,15H,2-10H2,1H3. The molecule has 27 heavy (non-hydrogen) atoms. The fourth-order valence-corrected chi connectivity index (χ4v) is 3.66. The minimum Gasteiger partial charge on any atom is -0.494 e. The second-order valence-corrected chi connectivity index (χ2v) is 7.23. The first-order chi connectivity index (χ1) is 12.9. The van der Waals surface area contributed by atoms with Crippen molar-refractivity contribution in [2.75, 3.05) is 13.7 Å². The van der Waals surface area contributed by atoms with Gasteiger partial charge in [-0.15, -0.1) is 0 Å². The number of nitro benzene ring substituents is 1. The average Bonchev–Trinajstić information content (AvgIpc) is 2.66. The molecule has 1 saturated carbocycles. The van der Waals surface area contributed by atoms with Crippen molar-refractivity contribution in [3.8, 4) is 5.75 Å². The van der Waals surface area contributed by atoms with E-state index >= 15 is 0 Å². The van der Waals surface area contributed by atoms with Gasteiger partial charge < -0.3 is 9.64 Å². The van der Waals surface area contributed by atoms with Gasteiger partial charge in [-0.2, -0.15) is 0 Å². The van der Waals surface area contributed by atoms with Gasteiger partial charge in [0.2, 0.25) is 5.91 Å². The lowest BCUT2D eigenvalue weighted by molar-refractivity contribution is -0.384. The highest BCUT2D eigenvalue weighted by Gasteiger charge is 2.22. The minimum atomic E-state index is -0.690. The molecule has 1 fully saturated rings. The van der Waals surface area contributed by atoms with Crippen molar-refractivity contribution in [2.45, 2.75) is 57.4 Å². The summed E-state index contributed by atoms with van der Waals surface area (Å²) in [4.78, 5) is 35.4. The van der Waals surface area contributed by atoms with E-state index in [0.29, 0.717) is 43.9 Å². The van der Waals surface area contributed by atoms with E-state index in [-0.39, 0.29) is 16.5 Å². The Balaban J connectivity index is 1.76. The van der Waals surface area contributed by atoms with Crippen LogP contribution in [-0.4, -0.2) is 41.7 Å². The van der Waals surface area contributed by atoms with Crippen molar-refractivity contribution in [3.63, 3.8) is 0 Å². The van der Waals surface area contributed by atoms with Crippen LogP contribution in [0.3, 0.4) is 0 Å². The summed E-state index contributed by atoms with van der Waals surface area (Å²) in [7, 11) is 1.88. The monoisotopic (exact) mass is 396 g/mol. The van der Waals surface area contributed by atoms with Crippen LogP contribution >= 0.6 is 11.6 Å². The highest BCUT2D eigenvalue weighted by Crippen LogP contribution is 2.32. The molecule has 1 aromatic carbocycles. The van der Waals surface area contributed by atoms with Crippen LogP contribution in [-0.2, 0) is 4.79 Å². The third kappa shape index (κ3) is 5.92. The number of ether oxygens (including phenoxy) is 1. The molecular weight excluding hydrogens is 372 g/mol. The molecule has 0 heterocycles. The van der Waals surface area contributed by atoms with Gasteiger partial charge in [-0.25, -0.2) is 0 Å². The number of carbonyl (C=O) groups is 2. The third-order valence-electron chi connectivity index (χ3n) is 4.95. The Kier molecular flexibility index (Phi) is 8.03. The number of carbonyl (C=O) groups excluding carboxylic acids is 2. The number of nitrogens with zero attached hydrogens (tertiary/aromatic N) is 2. The van der Waals surface area contributed by atoms with Gasteiger partial charge in [-0.1, -0.05) is 30.9 Å². The molecule has 0 aromatic heterocycles. The Labute approximate surface area is 163 Å². The van der Waals surface area contributed by atoms with Crippen LogP contribution in [0.15, 0.2) is 12.1 Å². The molecule has 1 aliphatic carbocycles. The molecule has 1 amide bonds. The van der Waals surface area contributed by atoms with E-state index in [1.54, 1.807) is 0 Å². The van der Waals surface area contributed by atoms with Gasteiger partial charge in [-0.3, -0.25) is 19.7 Å². The molecule has 0 atom stereocenters. The molecule has 0 bridgehead atoms. The molecular formula is C19H25ClN2O5.